The molecule has 0 spiro atoms. The second-order valence-electron chi connectivity index (χ2n) is 7.06. The van der Waals surface area contributed by atoms with E-state index < -0.39 is 6.10 Å². The summed E-state index contributed by atoms with van der Waals surface area (Å²) in [6.45, 7) is 7.32. The third-order valence-corrected chi connectivity index (χ3v) is 4.78. The smallest absolute Gasteiger partial charge is 0.276 e. The van der Waals surface area contributed by atoms with Gasteiger partial charge in [0.05, 0.1) is 18.9 Å². The summed E-state index contributed by atoms with van der Waals surface area (Å²) in [5, 5.41) is 20.5. The number of aliphatic hydroxyl groups excluding tert-OH is 1. The molecule has 0 radical (unpaired) electrons. The summed E-state index contributed by atoms with van der Waals surface area (Å²) in [6, 6.07) is 5.06. The molecule has 0 aliphatic carbocycles. The molecule has 1 aliphatic heterocycles. The lowest BCUT2D eigenvalue weighted by molar-refractivity contribution is 0.0759. The zero-order valence-corrected chi connectivity index (χ0v) is 17.1. The maximum Gasteiger partial charge on any atom is 0.276 e. The average Bonchev–Trinajstić information content (AvgIpc) is 3.40. The summed E-state index contributed by atoms with van der Waals surface area (Å²) < 4.78 is 7.36. The van der Waals surface area contributed by atoms with Crippen LogP contribution in [0.2, 0.25) is 0 Å². The Morgan fingerprint density at radius 1 is 1.43 bits per heavy atom. The second-order valence-corrected chi connectivity index (χ2v) is 7.06. The van der Waals surface area contributed by atoms with Gasteiger partial charge in [-0.15, -0.1) is 11.7 Å². The first-order valence-electron chi connectivity index (χ1n) is 10.1. The van der Waals surface area contributed by atoms with Crippen LogP contribution >= 0.6 is 0 Å². The number of ether oxygens (including phenoxy) is 1. The zero-order chi connectivity index (χ0) is 21.5. The Morgan fingerprint density at radius 2 is 2.27 bits per heavy atom. The molecule has 1 aromatic heterocycles. The molecule has 2 aromatic rings. The first-order chi connectivity index (χ1) is 14.5. The highest BCUT2D eigenvalue weighted by Crippen LogP contribution is 2.25. The van der Waals surface area contributed by atoms with Crippen LogP contribution < -0.4 is 10.1 Å². The van der Waals surface area contributed by atoms with E-state index in [0.717, 1.165) is 12.8 Å². The molecule has 2 N–H and O–H groups in total. The Kier molecular flexibility index (Phi) is 7.18. The number of hydrogen-bond acceptors (Lipinski definition) is 6. The number of carbonyl (C=O) groups excluding carboxylic acids is 2. The average molecular weight is 413 g/mol. The Labute approximate surface area is 175 Å². The molecule has 9 nitrogen and oxygen atoms in total. The predicted molar refractivity (Wildman–Crippen MR) is 111 cm³/mol. The summed E-state index contributed by atoms with van der Waals surface area (Å²) >= 11 is 0. The van der Waals surface area contributed by atoms with E-state index in [4.69, 9.17) is 4.74 Å². The van der Waals surface area contributed by atoms with Crippen LogP contribution in [0, 0.1) is 0 Å². The number of nitrogens with zero attached hydrogens (tertiary/aromatic N) is 4. The molecule has 0 saturated carbocycles. The largest absolute Gasteiger partial charge is 0.491 e. The van der Waals surface area contributed by atoms with Gasteiger partial charge >= 0.3 is 0 Å². The quantitative estimate of drug-likeness (QED) is 0.477. The molecule has 160 valence electrons. The molecule has 1 unspecified atom stereocenters. The predicted octanol–water partition coefficient (Wildman–Crippen LogP) is 1.57. The van der Waals surface area contributed by atoms with Gasteiger partial charge in [-0.2, -0.15) is 0 Å². The van der Waals surface area contributed by atoms with Crippen LogP contribution in [0.3, 0.4) is 0 Å². The van der Waals surface area contributed by atoms with E-state index in [0.29, 0.717) is 49.7 Å². The van der Waals surface area contributed by atoms with Gasteiger partial charge in [-0.1, -0.05) is 11.3 Å². The summed E-state index contributed by atoms with van der Waals surface area (Å²) in [5.74, 6) is 0.00976. The number of benzene rings is 1. The molecule has 30 heavy (non-hydrogen) atoms. The van der Waals surface area contributed by atoms with Gasteiger partial charge in [-0.25, -0.2) is 4.68 Å². The fraction of sp³-hybridized carbons (Fsp3) is 0.429. The normalized spacial score (nSPS) is 15.8. The molecule has 1 fully saturated rings. The molecular weight excluding hydrogens is 386 g/mol. The third-order valence-electron chi connectivity index (χ3n) is 4.78. The minimum Gasteiger partial charge on any atom is -0.491 e. The van der Waals surface area contributed by atoms with Crippen molar-refractivity contribution in [3.8, 4) is 11.4 Å². The number of aromatic nitrogens is 3. The zero-order valence-electron chi connectivity index (χ0n) is 17.1. The number of unbranched alkanes of at least 4 members (excludes halogenated alkanes) is 1. The SMILES string of the molecule is C=CCCCOc1cc(C(=O)NCC)ccc1-n1cc(C(=O)N2CCC(O)C2)nn1. The summed E-state index contributed by atoms with van der Waals surface area (Å²) in [7, 11) is 0. The molecule has 3 rings (SSSR count). The van der Waals surface area contributed by atoms with Gasteiger partial charge in [0.25, 0.3) is 11.8 Å². The van der Waals surface area contributed by atoms with E-state index in [1.165, 1.54) is 10.9 Å². The molecule has 1 saturated heterocycles. The summed E-state index contributed by atoms with van der Waals surface area (Å²) in [4.78, 5) is 26.3. The Hall–Kier alpha value is -3.20. The monoisotopic (exact) mass is 413 g/mol. The Bertz CT molecular complexity index is 911. The molecule has 2 heterocycles. The summed E-state index contributed by atoms with van der Waals surface area (Å²) in [6.07, 6.45) is 5.01. The maximum atomic E-state index is 12.6. The van der Waals surface area contributed by atoms with Crippen LogP contribution in [-0.2, 0) is 0 Å². The standard InChI is InChI=1S/C21H27N5O4/c1-3-5-6-11-30-19-12-15(20(28)22-4-2)7-8-18(19)26-14-17(23-24-26)21(29)25-10-9-16(27)13-25/h3,7-8,12,14,16,27H,1,4-6,9-11,13H2,2H3,(H,22,28). The van der Waals surface area contributed by atoms with Crippen LogP contribution in [0.15, 0.2) is 37.1 Å². The van der Waals surface area contributed by atoms with Crippen molar-refractivity contribution < 1.29 is 19.4 Å². The van der Waals surface area contributed by atoms with Crippen LogP contribution in [0.4, 0.5) is 0 Å². The van der Waals surface area contributed by atoms with Crippen molar-refractivity contribution in [1.82, 2.24) is 25.2 Å². The fourth-order valence-electron chi connectivity index (χ4n) is 3.20. The highest BCUT2D eigenvalue weighted by atomic mass is 16.5. The van der Waals surface area contributed by atoms with Crippen molar-refractivity contribution in [1.29, 1.82) is 0 Å². The number of amides is 2. The van der Waals surface area contributed by atoms with Crippen molar-refractivity contribution in [3.05, 3.63) is 48.3 Å². The minimum atomic E-state index is -0.499. The van der Waals surface area contributed by atoms with Gasteiger partial charge in [0.15, 0.2) is 5.69 Å². The first-order valence-corrected chi connectivity index (χ1v) is 10.1. The molecular formula is C21H27N5O4. The van der Waals surface area contributed by atoms with Crippen molar-refractivity contribution in [2.45, 2.75) is 32.3 Å². The second kappa shape index (κ2) is 10.0. The van der Waals surface area contributed by atoms with Crippen molar-refractivity contribution >= 4 is 11.8 Å². The van der Waals surface area contributed by atoms with Crippen LogP contribution in [0.1, 0.15) is 47.0 Å². The molecule has 1 aromatic carbocycles. The number of β-amino-alcohol motifs (C(OH)–C–C–N with tert-alkyl or cyclic N) is 1. The molecule has 9 heteroatoms. The number of aliphatic hydroxyl groups is 1. The maximum absolute atomic E-state index is 12.6. The number of carbonyl (C=O) groups is 2. The first kappa shape index (κ1) is 21.5. The van der Waals surface area contributed by atoms with Gasteiger partial charge in [-0.05, 0) is 44.4 Å². The lowest BCUT2D eigenvalue weighted by Crippen LogP contribution is -2.29. The fourth-order valence-corrected chi connectivity index (χ4v) is 3.20. The molecule has 0 bridgehead atoms. The lowest BCUT2D eigenvalue weighted by atomic mass is 10.1. The molecule has 2 amide bonds. The van der Waals surface area contributed by atoms with E-state index in [1.54, 1.807) is 23.1 Å². The number of hydrogen-bond donors (Lipinski definition) is 2. The van der Waals surface area contributed by atoms with Crippen molar-refractivity contribution in [2.75, 3.05) is 26.2 Å². The third kappa shape index (κ3) is 5.04. The number of rotatable bonds is 9. The highest BCUT2D eigenvalue weighted by molar-refractivity contribution is 5.95. The number of allylic oxidation sites excluding steroid dienone is 1. The highest BCUT2D eigenvalue weighted by Gasteiger charge is 2.27. The summed E-state index contributed by atoms with van der Waals surface area (Å²) in [5.41, 5.74) is 1.24. The van der Waals surface area contributed by atoms with Crippen molar-refractivity contribution in [2.24, 2.45) is 0 Å². The Balaban J connectivity index is 1.84. The van der Waals surface area contributed by atoms with E-state index in [1.807, 2.05) is 13.0 Å². The van der Waals surface area contributed by atoms with E-state index >= 15 is 0 Å². The van der Waals surface area contributed by atoms with Crippen molar-refractivity contribution in [3.63, 3.8) is 0 Å². The van der Waals surface area contributed by atoms with Gasteiger partial charge in [0.1, 0.15) is 11.4 Å². The van der Waals surface area contributed by atoms with Crippen LogP contribution in [0.25, 0.3) is 5.69 Å². The van der Waals surface area contributed by atoms with Crippen LogP contribution in [0.5, 0.6) is 5.75 Å². The lowest BCUT2D eigenvalue weighted by Gasteiger charge is -2.13. The molecule has 1 atom stereocenters. The van der Waals surface area contributed by atoms with Gasteiger partial charge in [-0.3, -0.25) is 9.59 Å². The van der Waals surface area contributed by atoms with E-state index in [9.17, 15) is 14.7 Å². The number of likely N-dealkylation sites (tertiary alicyclic amines) is 1. The van der Waals surface area contributed by atoms with Gasteiger partial charge < -0.3 is 20.1 Å². The Morgan fingerprint density at radius 3 is 2.97 bits per heavy atom. The minimum absolute atomic E-state index is 0.189. The van der Waals surface area contributed by atoms with Gasteiger partial charge in [0, 0.05) is 25.2 Å². The van der Waals surface area contributed by atoms with Gasteiger partial charge in [0.2, 0.25) is 0 Å². The number of nitrogens with one attached hydrogen (secondary N) is 1. The topological polar surface area (TPSA) is 110 Å². The van der Waals surface area contributed by atoms with Crippen LogP contribution in [-0.4, -0.2) is 69.2 Å². The molecule has 1 aliphatic rings. The van der Waals surface area contributed by atoms with E-state index in [2.05, 4.69) is 22.2 Å². The van der Waals surface area contributed by atoms with E-state index in [-0.39, 0.29) is 17.5 Å².